The van der Waals surface area contributed by atoms with Crippen molar-refractivity contribution in [2.75, 3.05) is 25.0 Å². The van der Waals surface area contributed by atoms with Crippen LogP contribution < -0.4 is 16.7 Å². The quantitative estimate of drug-likeness (QED) is 0.522. The van der Waals surface area contributed by atoms with E-state index >= 15 is 0 Å². The molecule has 0 saturated carbocycles. The van der Waals surface area contributed by atoms with Crippen molar-refractivity contribution in [1.82, 2.24) is 9.55 Å². The zero-order chi connectivity index (χ0) is 15.6. The van der Waals surface area contributed by atoms with E-state index in [0.29, 0.717) is 17.7 Å². The predicted octanol–water partition coefficient (Wildman–Crippen LogP) is -1.50. The average Bonchev–Trinajstić information content (AvgIpc) is 2.68. The number of nitrogens with one attached hydrogen (secondary N) is 1. The molecule has 1 saturated heterocycles. The van der Waals surface area contributed by atoms with Gasteiger partial charge in [-0.1, -0.05) is 0 Å². The number of ether oxygens (including phenoxy) is 1. The van der Waals surface area contributed by atoms with Crippen molar-refractivity contribution in [2.45, 2.75) is 24.4 Å². The molecular weight excluding hydrogens is 290 g/mol. The molecule has 0 aromatic carbocycles. The first kappa shape index (κ1) is 15.8. The Balaban J connectivity index is 2.28. The molecule has 1 aliphatic heterocycles. The number of aromatic nitrogens is 2. The second-order valence-corrected chi connectivity index (χ2v) is 4.55. The summed E-state index contributed by atoms with van der Waals surface area (Å²) >= 11 is 0. The highest BCUT2D eigenvalue weighted by atomic mass is 19.3. The molecule has 1 fully saturated rings. The molecular formula is C11H16F2N4O4. The topological polar surface area (TPSA) is 123 Å². The van der Waals surface area contributed by atoms with Gasteiger partial charge in [0, 0.05) is 19.3 Å². The maximum atomic E-state index is 13.9. The van der Waals surface area contributed by atoms with Crippen molar-refractivity contribution >= 4 is 5.82 Å². The Hall–Kier alpha value is -1.62. The van der Waals surface area contributed by atoms with Gasteiger partial charge in [-0.2, -0.15) is 13.8 Å². The summed E-state index contributed by atoms with van der Waals surface area (Å²) in [6.07, 6.45) is -4.60. The third-order valence-corrected chi connectivity index (χ3v) is 3.09. The summed E-state index contributed by atoms with van der Waals surface area (Å²) in [4.78, 5) is 15.4. The number of alkyl halides is 2. The van der Waals surface area contributed by atoms with E-state index < -0.39 is 36.7 Å². The van der Waals surface area contributed by atoms with Crippen LogP contribution in [0.1, 0.15) is 6.23 Å². The summed E-state index contributed by atoms with van der Waals surface area (Å²) in [5.41, 5.74) is 4.32. The molecule has 21 heavy (non-hydrogen) atoms. The number of nitrogens with zero attached hydrogens (tertiary/aromatic N) is 2. The van der Waals surface area contributed by atoms with Gasteiger partial charge in [0.05, 0.1) is 6.61 Å². The number of halogens is 2. The third kappa shape index (κ3) is 2.88. The average molecular weight is 306 g/mol. The maximum absolute atomic E-state index is 13.9. The fraction of sp³-hybridized carbons (Fsp3) is 0.636. The number of nitrogens with two attached hydrogens (primary N) is 1. The van der Waals surface area contributed by atoms with Gasteiger partial charge in [-0.05, 0) is 6.07 Å². The first-order chi connectivity index (χ1) is 9.91. The molecule has 0 amide bonds. The molecule has 3 unspecified atom stereocenters. The first-order valence-electron chi connectivity index (χ1n) is 6.27. The second kappa shape index (κ2) is 6.02. The van der Waals surface area contributed by atoms with Crippen LogP contribution in [0.25, 0.3) is 0 Å². The van der Waals surface area contributed by atoms with Crippen molar-refractivity contribution in [1.29, 1.82) is 0 Å². The van der Waals surface area contributed by atoms with Crippen molar-refractivity contribution < 1.29 is 23.7 Å². The monoisotopic (exact) mass is 306 g/mol. The SMILES string of the molecule is NCCNc1ccn(C2OC(CO)C(O)C2(F)F)c(=O)n1. The Morgan fingerprint density at radius 1 is 1.57 bits per heavy atom. The maximum Gasteiger partial charge on any atom is 0.351 e. The summed E-state index contributed by atoms with van der Waals surface area (Å²) in [5, 5.41) is 21.0. The summed E-state index contributed by atoms with van der Waals surface area (Å²) < 4.78 is 33.2. The molecule has 1 aliphatic rings. The van der Waals surface area contributed by atoms with Crippen LogP contribution in [-0.2, 0) is 4.74 Å². The zero-order valence-corrected chi connectivity index (χ0v) is 10.9. The van der Waals surface area contributed by atoms with E-state index in [4.69, 9.17) is 15.6 Å². The standard InChI is InChI=1S/C11H16F2N4O4/c12-11(13)8(19)6(5-18)21-9(11)17-4-1-7(15-3-2-14)16-10(17)20/h1,4,6,8-9,18-19H,2-3,5,14H2,(H,15,16,20). The van der Waals surface area contributed by atoms with Gasteiger partial charge in [-0.25, -0.2) is 4.79 Å². The molecule has 0 spiro atoms. The number of aliphatic hydroxyl groups is 2. The zero-order valence-electron chi connectivity index (χ0n) is 10.9. The fourth-order valence-corrected chi connectivity index (χ4v) is 2.01. The number of anilines is 1. The normalized spacial score (nSPS) is 27.8. The number of rotatable bonds is 5. The number of hydrogen-bond acceptors (Lipinski definition) is 7. The summed E-state index contributed by atoms with van der Waals surface area (Å²) in [5.74, 6) is -3.52. The van der Waals surface area contributed by atoms with Crippen molar-refractivity contribution in [3.8, 4) is 0 Å². The summed E-state index contributed by atoms with van der Waals surface area (Å²) in [7, 11) is 0. The van der Waals surface area contributed by atoms with Crippen LogP contribution in [0.15, 0.2) is 17.1 Å². The predicted molar refractivity (Wildman–Crippen MR) is 68.0 cm³/mol. The van der Waals surface area contributed by atoms with Gasteiger partial charge < -0.3 is 26.0 Å². The molecule has 2 heterocycles. The van der Waals surface area contributed by atoms with Crippen LogP contribution in [-0.4, -0.2) is 57.6 Å². The van der Waals surface area contributed by atoms with E-state index in [1.165, 1.54) is 6.07 Å². The molecule has 2 rings (SSSR count). The molecule has 1 aromatic rings. The Morgan fingerprint density at radius 3 is 2.81 bits per heavy atom. The van der Waals surface area contributed by atoms with Gasteiger partial charge >= 0.3 is 11.6 Å². The molecule has 118 valence electrons. The second-order valence-electron chi connectivity index (χ2n) is 4.55. The fourth-order valence-electron chi connectivity index (χ4n) is 2.01. The highest BCUT2D eigenvalue weighted by Gasteiger charge is 2.59. The Bertz CT molecular complexity index is 553. The van der Waals surface area contributed by atoms with Crippen LogP contribution in [0.4, 0.5) is 14.6 Å². The minimum atomic E-state index is -3.72. The third-order valence-electron chi connectivity index (χ3n) is 3.09. The van der Waals surface area contributed by atoms with Gasteiger partial charge in [-0.3, -0.25) is 4.57 Å². The highest BCUT2D eigenvalue weighted by Crippen LogP contribution is 2.41. The van der Waals surface area contributed by atoms with Gasteiger partial charge in [0.1, 0.15) is 11.9 Å². The van der Waals surface area contributed by atoms with Crippen molar-refractivity contribution in [2.24, 2.45) is 5.73 Å². The number of aliphatic hydroxyl groups excluding tert-OH is 2. The van der Waals surface area contributed by atoms with E-state index in [2.05, 4.69) is 10.3 Å². The molecule has 1 aromatic heterocycles. The number of hydrogen-bond donors (Lipinski definition) is 4. The largest absolute Gasteiger partial charge is 0.394 e. The lowest BCUT2D eigenvalue weighted by Gasteiger charge is -2.21. The van der Waals surface area contributed by atoms with Crippen LogP contribution >= 0.6 is 0 Å². The van der Waals surface area contributed by atoms with Crippen molar-refractivity contribution in [3.05, 3.63) is 22.7 Å². The van der Waals surface area contributed by atoms with Crippen LogP contribution in [0.5, 0.6) is 0 Å². The Kier molecular flexibility index (Phi) is 4.52. The summed E-state index contributed by atoms with van der Waals surface area (Å²) in [6.45, 7) is -0.0949. The van der Waals surface area contributed by atoms with Crippen LogP contribution in [0.2, 0.25) is 0 Å². The lowest BCUT2D eigenvalue weighted by Crippen LogP contribution is -2.41. The molecule has 3 atom stereocenters. The molecule has 0 radical (unpaired) electrons. The molecule has 0 aliphatic carbocycles. The summed E-state index contributed by atoms with van der Waals surface area (Å²) in [6, 6.07) is 1.31. The van der Waals surface area contributed by atoms with Gasteiger partial charge in [0.25, 0.3) is 0 Å². The van der Waals surface area contributed by atoms with Crippen molar-refractivity contribution in [3.63, 3.8) is 0 Å². The van der Waals surface area contributed by atoms with Gasteiger partial charge in [-0.15, -0.1) is 0 Å². The molecule has 10 heteroatoms. The minimum Gasteiger partial charge on any atom is -0.394 e. The van der Waals surface area contributed by atoms with E-state index in [0.717, 1.165) is 6.20 Å². The first-order valence-corrected chi connectivity index (χ1v) is 6.27. The van der Waals surface area contributed by atoms with E-state index in [1.807, 2.05) is 0 Å². The Labute approximate surface area is 118 Å². The highest BCUT2D eigenvalue weighted by molar-refractivity contribution is 5.31. The van der Waals surface area contributed by atoms with E-state index in [1.54, 1.807) is 0 Å². The van der Waals surface area contributed by atoms with Gasteiger partial charge in [0.2, 0.25) is 6.23 Å². The van der Waals surface area contributed by atoms with Crippen LogP contribution in [0, 0.1) is 0 Å². The lowest BCUT2D eigenvalue weighted by molar-refractivity contribution is -0.140. The van der Waals surface area contributed by atoms with Gasteiger partial charge in [0.15, 0.2) is 6.10 Å². The smallest absolute Gasteiger partial charge is 0.351 e. The van der Waals surface area contributed by atoms with E-state index in [9.17, 15) is 18.7 Å². The van der Waals surface area contributed by atoms with Crippen LogP contribution in [0.3, 0.4) is 0 Å². The lowest BCUT2D eigenvalue weighted by atomic mass is 10.1. The molecule has 0 bridgehead atoms. The van der Waals surface area contributed by atoms with E-state index in [-0.39, 0.29) is 5.82 Å². The molecule has 5 N–H and O–H groups in total. The Morgan fingerprint density at radius 2 is 2.29 bits per heavy atom. The minimum absolute atomic E-state index is 0.197. The molecule has 8 nitrogen and oxygen atoms in total.